The molecule has 2 rings (SSSR count). The zero-order valence-corrected chi connectivity index (χ0v) is 9.17. The molecule has 0 aliphatic carbocycles. The van der Waals surface area contributed by atoms with Crippen LogP contribution in [0.25, 0.3) is 0 Å². The molecule has 1 aliphatic rings. The molecule has 0 amide bonds. The summed E-state index contributed by atoms with van der Waals surface area (Å²) in [5.41, 5.74) is 1.36. The maximum atomic E-state index is 5.68. The first-order chi connectivity index (χ1) is 5.75. The van der Waals surface area contributed by atoms with Gasteiger partial charge in [0.25, 0.3) is 0 Å². The fourth-order valence-electron chi connectivity index (χ4n) is 1.49. The lowest BCUT2D eigenvalue weighted by atomic mass is 10.0. The number of ether oxygens (including phenoxy) is 1. The lowest BCUT2D eigenvalue weighted by Gasteiger charge is -2.23. The molecule has 0 bridgehead atoms. The summed E-state index contributed by atoms with van der Waals surface area (Å²) in [6.45, 7) is 2.13. The van der Waals surface area contributed by atoms with Crippen LogP contribution in [0.5, 0.6) is 5.75 Å². The first-order valence-corrected chi connectivity index (χ1v) is 5.28. The Labute approximate surface area is 86.3 Å². The van der Waals surface area contributed by atoms with Crippen molar-refractivity contribution in [1.82, 2.24) is 0 Å². The van der Waals surface area contributed by atoms with E-state index >= 15 is 0 Å². The van der Waals surface area contributed by atoms with E-state index in [-0.39, 0.29) is 0 Å². The quantitative estimate of drug-likeness (QED) is 0.661. The van der Waals surface area contributed by atoms with Crippen LogP contribution in [0.15, 0.2) is 18.2 Å². The summed E-state index contributed by atoms with van der Waals surface area (Å²) in [5.74, 6) is 1.08. The molecule has 0 fully saturated rings. The molecule has 0 saturated heterocycles. The second-order valence-corrected chi connectivity index (χ2v) is 4.46. The molecule has 1 aromatic carbocycles. The number of halogens is 1. The molecule has 1 heterocycles. The van der Waals surface area contributed by atoms with Crippen LogP contribution in [-0.2, 0) is 6.42 Å². The van der Waals surface area contributed by atoms with Gasteiger partial charge in [0.05, 0.1) is 6.10 Å². The molecule has 0 radical (unpaired) electrons. The molecule has 2 heteroatoms. The van der Waals surface area contributed by atoms with Crippen LogP contribution < -0.4 is 4.74 Å². The standard InChI is InChI=1S/C10H11IO/c1-7-2-3-8-6-9(11)4-5-10(8)12-7/h4-7H,2-3H2,1H3/t7-/m0/s1. The van der Waals surface area contributed by atoms with Gasteiger partial charge in [0.1, 0.15) is 5.75 Å². The SMILES string of the molecule is C[C@H]1CCc2cc(I)ccc2O1. The van der Waals surface area contributed by atoms with Crippen molar-refractivity contribution >= 4 is 22.6 Å². The van der Waals surface area contributed by atoms with Crippen molar-refractivity contribution in [3.05, 3.63) is 27.3 Å². The highest BCUT2D eigenvalue weighted by atomic mass is 127. The van der Waals surface area contributed by atoms with Crippen molar-refractivity contribution in [1.29, 1.82) is 0 Å². The molecule has 1 nitrogen and oxygen atoms in total. The van der Waals surface area contributed by atoms with Gasteiger partial charge in [0, 0.05) is 3.57 Å². The molecular weight excluding hydrogens is 263 g/mol. The summed E-state index contributed by atoms with van der Waals surface area (Å²) in [7, 11) is 0. The molecule has 0 aromatic heterocycles. The number of fused-ring (bicyclic) bond motifs is 1. The van der Waals surface area contributed by atoms with Crippen LogP contribution in [0.1, 0.15) is 18.9 Å². The van der Waals surface area contributed by atoms with E-state index < -0.39 is 0 Å². The highest BCUT2D eigenvalue weighted by Crippen LogP contribution is 2.28. The summed E-state index contributed by atoms with van der Waals surface area (Å²) < 4.78 is 6.98. The van der Waals surface area contributed by atoms with Crippen LogP contribution in [0.4, 0.5) is 0 Å². The number of hydrogen-bond acceptors (Lipinski definition) is 1. The van der Waals surface area contributed by atoms with Gasteiger partial charge in [-0.3, -0.25) is 0 Å². The third kappa shape index (κ3) is 1.58. The Bertz CT molecular complexity index is 296. The normalized spacial score (nSPS) is 21.3. The van der Waals surface area contributed by atoms with Crippen molar-refractivity contribution in [2.45, 2.75) is 25.9 Å². The maximum absolute atomic E-state index is 5.68. The van der Waals surface area contributed by atoms with Crippen molar-refractivity contribution in [3.8, 4) is 5.75 Å². The zero-order chi connectivity index (χ0) is 8.55. The van der Waals surface area contributed by atoms with E-state index in [1.807, 2.05) is 0 Å². The zero-order valence-electron chi connectivity index (χ0n) is 7.01. The average Bonchev–Trinajstić information content (AvgIpc) is 2.05. The Kier molecular flexibility index (Phi) is 2.26. The number of aryl methyl sites for hydroxylation is 1. The van der Waals surface area contributed by atoms with Gasteiger partial charge in [-0.1, -0.05) is 0 Å². The third-order valence-electron chi connectivity index (χ3n) is 2.17. The highest BCUT2D eigenvalue weighted by molar-refractivity contribution is 14.1. The van der Waals surface area contributed by atoms with E-state index in [0.717, 1.165) is 18.6 Å². The average molecular weight is 274 g/mol. The van der Waals surface area contributed by atoms with E-state index in [0.29, 0.717) is 6.10 Å². The smallest absolute Gasteiger partial charge is 0.122 e. The first-order valence-electron chi connectivity index (χ1n) is 4.21. The van der Waals surface area contributed by atoms with E-state index in [1.54, 1.807) is 0 Å². The van der Waals surface area contributed by atoms with Gasteiger partial charge in [-0.15, -0.1) is 0 Å². The molecular formula is C10H11IO. The van der Waals surface area contributed by atoms with Crippen molar-refractivity contribution in [2.75, 3.05) is 0 Å². The van der Waals surface area contributed by atoms with Crippen LogP contribution in [-0.4, -0.2) is 6.10 Å². The molecule has 1 aliphatic heterocycles. The summed E-state index contributed by atoms with van der Waals surface area (Å²) in [6, 6.07) is 6.38. The lowest BCUT2D eigenvalue weighted by Crippen LogP contribution is -2.18. The van der Waals surface area contributed by atoms with Crippen molar-refractivity contribution in [3.63, 3.8) is 0 Å². The Hall–Kier alpha value is -0.250. The Morgan fingerprint density at radius 1 is 1.50 bits per heavy atom. The van der Waals surface area contributed by atoms with Crippen molar-refractivity contribution < 1.29 is 4.74 Å². The fraction of sp³-hybridized carbons (Fsp3) is 0.400. The van der Waals surface area contributed by atoms with E-state index in [2.05, 4.69) is 47.7 Å². The Morgan fingerprint density at radius 2 is 2.33 bits per heavy atom. The molecule has 12 heavy (non-hydrogen) atoms. The molecule has 1 aromatic rings. The summed E-state index contributed by atoms with van der Waals surface area (Å²) in [5, 5.41) is 0. The van der Waals surface area contributed by atoms with Gasteiger partial charge in [0.2, 0.25) is 0 Å². The third-order valence-corrected chi connectivity index (χ3v) is 2.84. The van der Waals surface area contributed by atoms with Gasteiger partial charge in [-0.05, 0) is 66.1 Å². The molecule has 0 N–H and O–H groups in total. The summed E-state index contributed by atoms with van der Waals surface area (Å²) in [4.78, 5) is 0. The van der Waals surface area contributed by atoms with Gasteiger partial charge >= 0.3 is 0 Å². The first kappa shape index (κ1) is 8.35. The fourth-order valence-corrected chi connectivity index (χ4v) is 2.05. The Balaban J connectivity index is 2.37. The molecule has 0 saturated carbocycles. The maximum Gasteiger partial charge on any atom is 0.122 e. The molecule has 0 unspecified atom stereocenters. The lowest BCUT2D eigenvalue weighted by molar-refractivity contribution is 0.192. The van der Waals surface area contributed by atoms with E-state index in [4.69, 9.17) is 4.74 Å². The largest absolute Gasteiger partial charge is 0.490 e. The van der Waals surface area contributed by atoms with Gasteiger partial charge < -0.3 is 4.74 Å². The summed E-state index contributed by atoms with van der Waals surface area (Å²) in [6.07, 6.45) is 2.69. The van der Waals surface area contributed by atoms with Crippen LogP contribution >= 0.6 is 22.6 Å². The predicted molar refractivity (Wildman–Crippen MR) is 57.6 cm³/mol. The predicted octanol–water partition coefficient (Wildman–Crippen LogP) is 3.00. The Morgan fingerprint density at radius 3 is 3.17 bits per heavy atom. The second kappa shape index (κ2) is 3.24. The van der Waals surface area contributed by atoms with Crippen LogP contribution in [0.3, 0.4) is 0 Å². The number of hydrogen-bond donors (Lipinski definition) is 0. The minimum atomic E-state index is 0.387. The number of rotatable bonds is 0. The van der Waals surface area contributed by atoms with Crippen LogP contribution in [0.2, 0.25) is 0 Å². The molecule has 1 atom stereocenters. The van der Waals surface area contributed by atoms with Crippen LogP contribution in [0, 0.1) is 3.57 Å². The highest BCUT2D eigenvalue weighted by Gasteiger charge is 2.15. The van der Waals surface area contributed by atoms with Crippen molar-refractivity contribution in [2.24, 2.45) is 0 Å². The van der Waals surface area contributed by atoms with E-state index in [1.165, 1.54) is 9.13 Å². The van der Waals surface area contributed by atoms with Gasteiger partial charge in [-0.25, -0.2) is 0 Å². The monoisotopic (exact) mass is 274 g/mol. The molecule has 0 spiro atoms. The minimum Gasteiger partial charge on any atom is -0.490 e. The topological polar surface area (TPSA) is 9.23 Å². The molecule has 64 valence electrons. The van der Waals surface area contributed by atoms with E-state index in [9.17, 15) is 0 Å². The second-order valence-electron chi connectivity index (χ2n) is 3.22. The minimum absolute atomic E-state index is 0.387. The van der Waals surface area contributed by atoms with Gasteiger partial charge in [0.15, 0.2) is 0 Å². The van der Waals surface area contributed by atoms with Gasteiger partial charge in [-0.2, -0.15) is 0 Å². The summed E-state index contributed by atoms with van der Waals surface area (Å²) >= 11 is 2.34. The number of benzene rings is 1.